The maximum absolute atomic E-state index is 12.1. The van der Waals surface area contributed by atoms with E-state index in [4.69, 9.17) is 4.42 Å². The van der Waals surface area contributed by atoms with E-state index in [0.29, 0.717) is 5.69 Å². The summed E-state index contributed by atoms with van der Waals surface area (Å²) in [5.74, 6) is -0.497. The lowest BCUT2D eigenvalue weighted by Crippen LogP contribution is -2.41. The molecule has 122 valence electrons. The molecule has 23 heavy (non-hydrogen) atoms. The highest BCUT2D eigenvalue weighted by Crippen LogP contribution is 2.12. The van der Waals surface area contributed by atoms with Gasteiger partial charge >= 0.3 is 0 Å². The summed E-state index contributed by atoms with van der Waals surface area (Å²) in [6.07, 6.45) is 4.77. The van der Waals surface area contributed by atoms with Crippen LogP contribution in [0.1, 0.15) is 42.8 Å². The van der Waals surface area contributed by atoms with Gasteiger partial charge < -0.3 is 15.1 Å². The second-order valence-corrected chi connectivity index (χ2v) is 5.46. The van der Waals surface area contributed by atoms with Crippen LogP contribution in [0.5, 0.6) is 0 Å². The number of hydrogen-bond donors (Lipinski definition) is 2. The number of nitrogens with one attached hydrogen (secondary N) is 2. The van der Waals surface area contributed by atoms with E-state index in [-0.39, 0.29) is 11.7 Å². The predicted octanol–water partition coefficient (Wildman–Crippen LogP) is 3.38. The molecule has 0 spiro atoms. The third-order valence-corrected chi connectivity index (χ3v) is 3.53. The Morgan fingerprint density at radius 1 is 1.17 bits per heavy atom. The summed E-state index contributed by atoms with van der Waals surface area (Å²) in [6.45, 7) is 3.79. The Kier molecular flexibility index (Phi) is 5.97. The molecule has 2 aromatic rings. The van der Waals surface area contributed by atoms with Gasteiger partial charge in [-0.15, -0.1) is 0 Å². The van der Waals surface area contributed by atoms with Crippen molar-refractivity contribution in [2.45, 2.75) is 39.2 Å². The van der Waals surface area contributed by atoms with Crippen molar-refractivity contribution >= 4 is 17.5 Å². The van der Waals surface area contributed by atoms with Crippen molar-refractivity contribution in [2.75, 3.05) is 5.32 Å². The van der Waals surface area contributed by atoms with E-state index in [2.05, 4.69) is 17.6 Å². The summed E-state index contributed by atoms with van der Waals surface area (Å²) in [5.41, 5.74) is 1.97. The monoisotopic (exact) mass is 314 g/mol. The summed E-state index contributed by atoms with van der Waals surface area (Å²) in [6, 6.07) is 10.3. The molecule has 0 bridgehead atoms. The summed E-state index contributed by atoms with van der Waals surface area (Å²) in [4.78, 5) is 24.0. The topological polar surface area (TPSA) is 71.3 Å². The normalized spacial score (nSPS) is 11.7. The van der Waals surface area contributed by atoms with E-state index < -0.39 is 11.9 Å². The molecule has 2 N–H and O–H groups in total. The fourth-order valence-electron chi connectivity index (χ4n) is 2.13. The number of carbonyl (C=O) groups excluding carboxylic acids is 2. The van der Waals surface area contributed by atoms with Crippen LogP contribution in [0.4, 0.5) is 5.69 Å². The Morgan fingerprint density at radius 3 is 2.52 bits per heavy atom. The smallest absolute Gasteiger partial charge is 0.287 e. The van der Waals surface area contributed by atoms with Gasteiger partial charge in [0, 0.05) is 5.69 Å². The first-order valence-electron chi connectivity index (χ1n) is 7.84. The van der Waals surface area contributed by atoms with Gasteiger partial charge in [0.25, 0.3) is 5.91 Å². The molecule has 5 nitrogen and oxygen atoms in total. The molecular weight excluding hydrogens is 292 g/mol. The van der Waals surface area contributed by atoms with Gasteiger partial charge in [0.1, 0.15) is 6.04 Å². The minimum Gasteiger partial charge on any atom is -0.459 e. The maximum atomic E-state index is 12.1. The van der Waals surface area contributed by atoms with Crippen LogP contribution in [-0.4, -0.2) is 17.9 Å². The van der Waals surface area contributed by atoms with Crippen LogP contribution in [0.15, 0.2) is 47.1 Å². The summed E-state index contributed by atoms with van der Waals surface area (Å²) < 4.78 is 5.00. The van der Waals surface area contributed by atoms with Gasteiger partial charge in [0.05, 0.1) is 6.26 Å². The SMILES string of the molecule is CCCCc1ccc(NC(=O)C(C)NC(=O)c2ccco2)cc1. The number of unbranched alkanes of at least 4 members (excludes halogenated alkanes) is 1. The third kappa shape index (κ3) is 4.98. The second kappa shape index (κ2) is 8.17. The lowest BCUT2D eigenvalue weighted by atomic mass is 10.1. The number of aryl methyl sites for hydroxylation is 1. The predicted molar refractivity (Wildman–Crippen MR) is 89.3 cm³/mol. The molecular formula is C18H22N2O3. The van der Waals surface area contributed by atoms with Crippen LogP contribution in [-0.2, 0) is 11.2 Å². The zero-order chi connectivity index (χ0) is 16.7. The summed E-state index contributed by atoms with van der Waals surface area (Å²) in [5, 5.41) is 5.39. The largest absolute Gasteiger partial charge is 0.459 e. The van der Waals surface area contributed by atoms with Crippen molar-refractivity contribution in [1.29, 1.82) is 0 Å². The first-order chi connectivity index (χ1) is 11.1. The van der Waals surface area contributed by atoms with Gasteiger partial charge in [0.2, 0.25) is 5.91 Å². The molecule has 0 saturated heterocycles. The second-order valence-electron chi connectivity index (χ2n) is 5.46. The van der Waals surface area contributed by atoms with Crippen molar-refractivity contribution in [3.05, 3.63) is 54.0 Å². The van der Waals surface area contributed by atoms with E-state index in [9.17, 15) is 9.59 Å². The Bertz CT molecular complexity index is 633. The molecule has 2 rings (SSSR count). The maximum Gasteiger partial charge on any atom is 0.287 e. The molecule has 1 atom stereocenters. The average Bonchev–Trinajstić information content (AvgIpc) is 3.08. The number of hydrogen-bond acceptors (Lipinski definition) is 3. The number of rotatable bonds is 7. The van der Waals surface area contributed by atoms with Crippen LogP contribution >= 0.6 is 0 Å². The minimum atomic E-state index is -0.660. The van der Waals surface area contributed by atoms with Crippen LogP contribution in [0.3, 0.4) is 0 Å². The van der Waals surface area contributed by atoms with Crippen LogP contribution in [0.2, 0.25) is 0 Å². The highest BCUT2D eigenvalue weighted by atomic mass is 16.3. The molecule has 0 saturated carbocycles. The minimum absolute atomic E-state index is 0.185. The highest BCUT2D eigenvalue weighted by molar-refractivity contribution is 5.99. The van der Waals surface area contributed by atoms with Gasteiger partial charge in [-0.25, -0.2) is 0 Å². The highest BCUT2D eigenvalue weighted by Gasteiger charge is 2.18. The number of furan rings is 1. The molecule has 0 aliphatic rings. The van der Waals surface area contributed by atoms with Crippen LogP contribution in [0.25, 0.3) is 0 Å². The van der Waals surface area contributed by atoms with Crippen molar-refractivity contribution in [2.24, 2.45) is 0 Å². The molecule has 0 radical (unpaired) electrons. The van der Waals surface area contributed by atoms with E-state index in [1.807, 2.05) is 24.3 Å². The number of benzene rings is 1. The Morgan fingerprint density at radius 2 is 1.91 bits per heavy atom. The van der Waals surface area contributed by atoms with Gasteiger partial charge in [-0.2, -0.15) is 0 Å². The van der Waals surface area contributed by atoms with E-state index in [1.165, 1.54) is 11.8 Å². The molecule has 5 heteroatoms. The lowest BCUT2D eigenvalue weighted by Gasteiger charge is -2.13. The number of amides is 2. The summed E-state index contributed by atoms with van der Waals surface area (Å²) >= 11 is 0. The zero-order valence-corrected chi connectivity index (χ0v) is 13.5. The molecule has 0 fully saturated rings. The molecule has 1 unspecified atom stereocenters. The van der Waals surface area contributed by atoms with E-state index in [0.717, 1.165) is 19.3 Å². The molecule has 1 aromatic heterocycles. The molecule has 2 amide bonds. The van der Waals surface area contributed by atoms with Crippen molar-refractivity contribution < 1.29 is 14.0 Å². The Hall–Kier alpha value is -2.56. The van der Waals surface area contributed by atoms with Gasteiger partial charge in [-0.3, -0.25) is 9.59 Å². The Balaban J connectivity index is 1.86. The van der Waals surface area contributed by atoms with Gasteiger partial charge in [-0.05, 0) is 49.6 Å². The Labute approximate surface area is 136 Å². The fraction of sp³-hybridized carbons (Fsp3) is 0.333. The quantitative estimate of drug-likeness (QED) is 0.823. The number of carbonyl (C=O) groups is 2. The van der Waals surface area contributed by atoms with Gasteiger partial charge in [-0.1, -0.05) is 25.5 Å². The standard InChI is InChI=1S/C18H22N2O3/c1-3-4-6-14-8-10-15(11-9-14)20-17(21)13(2)19-18(22)16-7-5-12-23-16/h5,7-13H,3-4,6H2,1-2H3,(H,19,22)(H,20,21). The summed E-state index contributed by atoms with van der Waals surface area (Å²) in [7, 11) is 0. The van der Waals surface area contributed by atoms with Crippen LogP contribution < -0.4 is 10.6 Å². The average molecular weight is 314 g/mol. The molecule has 0 aliphatic carbocycles. The number of anilines is 1. The zero-order valence-electron chi connectivity index (χ0n) is 13.5. The van der Waals surface area contributed by atoms with E-state index >= 15 is 0 Å². The third-order valence-electron chi connectivity index (χ3n) is 3.53. The fourth-order valence-corrected chi connectivity index (χ4v) is 2.13. The van der Waals surface area contributed by atoms with E-state index in [1.54, 1.807) is 19.1 Å². The van der Waals surface area contributed by atoms with Crippen molar-refractivity contribution in [3.8, 4) is 0 Å². The first kappa shape index (κ1) is 16.8. The van der Waals surface area contributed by atoms with Crippen molar-refractivity contribution in [1.82, 2.24) is 5.32 Å². The lowest BCUT2D eigenvalue weighted by molar-refractivity contribution is -0.117. The first-order valence-corrected chi connectivity index (χ1v) is 7.84. The molecule has 1 aromatic carbocycles. The molecule has 1 heterocycles. The van der Waals surface area contributed by atoms with Crippen molar-refractivity contribution in [3.63, 3.8) is 0 Å². The van der Waals surface area contributed by atoms with Gasteiger partial charge in [0.15, 0.2) is 5.76 Å². The molecule has 0 aliphatic heterocycles. The van der Waals surface area contributed by atoms with Crippen LogP contribution in [0, 0.1) is 0 Å².